The van der Waals surface area contributed by atoms with Gasteiger partial charge in [0.05, 0.1) is 6.33 Å². The predicted molar refractivity (Wildman–Crippen MR) is 181 cm³/mol. The van der Waals surface area contributed by atoms with E-state index in [1.165, 1.54) is 0 Å². The highest BCUT2D eigenvalue weighted by atomic mass is 16.6. The minimum atomic E-state index is -1.37. The first kappa shape index (κ1) is 35.2. The lowest BCUT2D eigenvalue weighted by atomic mass is 9.97. The number of nitrogens with one attached hydrogen (secondary N) is 3. The van der Waals surface area contributed by atoms with Gasteiger partial charge in [0.1, 0.15) is 23.2 Å². The van der Waals surface area contributed by atoms with Crippen molar-refractivity contribution in [2.24, 2.45) is 5.92 Å². The number of imidazole rings is 1. The Morgan fingerprint density at radius 1 is 0.936 bits per heavy atom. The Morgan fingerprint density at radius 2 is 1.55 bits per heavy atom. The van der Waals surface area contributed by atoms with Gasteiger partial charge in [0.25, 0.3) is 0 Å². The number of ether oxygens (including phenoxy) is 1. The van der Waals surface area contributed by atoms with Gasteiger partial charge in [-0.2, -0.15) is 0 Å². The van der Waals surface area contributed by atoms with Gasteiger partial charge >= 0.3 is 6.09 Å². The highest BCUT2D eigenvalue weighted by molar-refractivity contribution is 5.98. The molecule has 11 heteroatoms. The number of carbonyl (C=O) groups is 4. The Bertz CT molecular complexity index is 1510. The molecule has 1 aromatic heterocycles. The quantitative estimate of drug-likeness (QED) is 0.266. The molecule has 4 rings (SSSR count). The van der Waals surface area contributed by atoms with E-state index in [2.05, 4.69) is 27.9 Å². The van der Waals surface area contributed by atoms with Crippen LogP contribution in [-0.2, 0) is 25.5 Å². The maximum Gasteiger partial charge on any atom is 0.408 e. The van der Waals surface area contributed by atoms with Crippen molar-refractivity contribution < 1.29 is 23.9 Å². The number of benzene rings is 2. The number of alkyl carbamates (subject to hydrolysis) is 1. The molecule has 2 atom stereocenters. The maximum atomic E-state index is 13.8. The third-order valence-corrected chi connectivity index (χ3v) is 8.16. The fraction of sp³-hybridized carbons (Fsp3) is 0.472. The molecule has 0 aliphatic carbocycles. The standard InChI is InChI=1S/C36H48N6O5/c1-25-19-21-41(22-20-25)32(44)30(27-15-11-8-12-16-27)42-23-29(37-24-42)39-31(43)28(18-17-26-13-9-7-10-14-26)38-33(45)36(5,6)40-34(46)47-35(2,3)4/h7-16,23-25,28,30H,17-22H2,1-6H3,(H,38,45)(H,39,43)(H,40,46)/t28-,30?/m1/s1. The van der Waals surface area contributed by atoms with E-state index in [0.29, 0.717) is 31.8 Å². The van der Waals surface area contributed by atoms with Gasteiger partial charge < -0.3 is 30.2 Å². The minimum Gasteiger partial charge on any atom is -0.444 e. The summed E-state index contributed by atoms with van der Waals surface area (Å²) in [5.74, 6) is -0.210. The Kier molecular flexibility index (Phi) is 11.4. The lowest BCUT2D eigenvalue weighted by Gasteiger charge is -2.33. The summed E-state index contributed by atoms with van der Waals surface area (Å²) >= 11 is 0. The monoisotopic (exact) mass is 644 g/mol. The molecule has 1 fully saturated rings. The highest BCUT2D eigenvalue weighted by Gasteiger charge is 2.35. The van der Waals surface area contributed by atoms with Crippen LogP contribution in [0.4, 0.5) is 10.6 Å². The molecule has 4 amide bonds. The molecule has 1 aliphatic rings. The van der Waals surface area contributed by atoms with Crippen LogP contribution in [0, 0.1) is 5.92 Å². The number of hydrogen-bond acceptors (Lipinski definition) is 6. The number of amides is 4. The van der Waals surface area contributed by atoms with Crippen molar-refractivity contribution in [3.63, 3.8) is 0 Å². The van der Waals surface area contributed by atoms with Crippen LogP contribution in [0.3, 0.4) is 0 Å². The molecule has 0 saturated carbocycles. The van der Waals surface area contributed by atoms with Crippen LogP contribution in [0.5, 0.6) is 0 Å². The van der Waals surface area contributed by atoms with Gasteiger partial charge in [0, 0.05) is 19.3 Å². The van der Waals surface area contributed by atoms with Gasteiger partial charge in [-0.05, 0) is 77.3 Å². The summed E-state index contributed by atoms with van der Waals surface area (Å²) in [4.78, 5) is 59.7. The van der Waals surface area contributed by atoms with E-state index in [4.69, 9.17) is 4.74 Å². The molecule has 1 saturated heterocycles. The van der Waals surface area contributed by atoms with Crippen molar-refractivity contribution in [3.8, 4) is 0 Å². The summed E-state index contributed by atoms with van der Waals surface area (Å²) in [5, 5.41) is 8.25. The van der Waals surface area contributed by atoms with Gasteiger partial charge in [-0.25, -0.2) is 9.78 Å². The summed E-state index contributed by atoms with van der Waals surface area (Å²) in [5.41, 5.74) is -0.287. The van der Waals surface area contributed by atoms with E-state index in [9.17, 15) is 19.2 Å². The van der Waals surface area contributed by atoms with E-state index in [-0.39, 0.29) is 11.7 Å². The topological polar surface area (TPSA) is 135 Å². The molecule has 0 bridgehead atoms. The number of aromatic nitrogens is 2. The summed E-state index contributed by atoms with van der Waals surface area (Å²) < 4.78 is 7.05. The van der Waals surface area contributed by atoms with Crippen molar-refractivity contribution in [1.29, 1.82) is 0 Å². The van der Waals surface area contributed by atoms with Crippen molar-refractivity contribution in [1.82, 2.24) is 25.1 Å². The molecule has 0 radical (unpaired) electrons. The lowest BCUT2D eigenvalue weighted by Crippen LogP contribution is -2.59. The van der Waals surface area contributed by atoms with Gasteiger partial charge in [-0.1, -0.05) is 67.6 Å². The smallest absolute Gasteiger partial charge is 0.408 e. The molecule has 11 nitrogen and oxygen atoms in total. The van der Waals surface area contributed by atoms with Crippen LogP contribution in [0.1, 0.15) is 78.0 Å². The maximum absolute atomic E-state index is 13.8. The SMILES string of the molecule is CC1CCN(C(=O)C(c2ccccc2)n2cnc(NC(=O)[C@@H](CCc3ccccc3)NC(=O)C(C)(C)NC(=O)OC(C)(C)C)c2)CC1. The van der Waals surface area contributed by atoms with Crippen molar-refractivity contribution in [3.05, 3.63) is 84.3 Å². The number of rotatable bonds is 11. The Balaban J connectivity index is 1.52. The zero-order chi connectivity index (χ0) is 34.2. The van der Waals surface area contributed by atoms with Gasteiger partial charge in [0.2, 0.25) is 17.7 Å². The zero-order valence-electron chi connectivity index (χ0n) is 28.3. The molecule has 2 heterocycles. The number of likely N-dealkylation sites (tertiary alicyclic amines) is 1. The van der Waals surface area contributed by atoms with Crippen LogP contribution in [0.25, 0.3) is 0 Å². The number of nitrogens with zero attached hydrogens (tertiary/aromatic N) is 3. The number of piperidine rings is 1. The lowest BCUT2D eigenvalue weighted by molar-refractivity contribution is -0.135. The third-order valence-electron chi connectivity index (χ3n) is 8.16. The molecule has 1 unspecified atom stereocenters. The second kappa shape index (κ2) is 15.3. The Hall–Kier alpha value is -4.67. The minimum absolute atomic E-state index is 0.0221. The third kappa shape index (κ3) is 10.2. The molecule has 3 N–H and O–H groups in total. The normalized spacial score (nSPS) is 15.3. The number of hydrogen-bond donors (Lipinski definition) is 3. The zero-order valence-corrected chi connectivity index (χ0v) is 28.3. The summed E-state index contributed by atoms with van der Waals surface area (Å²) in [6.07, 6.45) is 5.18. The van der Waals surface area contributed by atoms with Crippen molar-refractivity contribution in [2.75, 3.05) is 18.4 Å². The van der Waals surface area contributed by atoms with E-state index in [1.807, 2.05) is 65.6 Å². The number of carbonyl (C=O) groups excluding carboxylic acids is 4. The van der Waals surface area contributed by atoms with Crippen molar-refractivity contribution >= 4 is 29.6 Å². The number of aryl methyl sites for hydroxylation is 1. The Morgan fingerprint density at radius 3 is 2.17 bits per heavy atom. The van der Waals surface area contributed by atoms with Crippen LogP contribution in [0.2, 0.25) is 0 Å². The fourth-order valence-electron chi connectivity index (χ4n) is 5.41. The van der Waals surface area contributed by atoms with Crippen LogP contribution < -0.4 is 16.0 Å². The second-order valence-corrected chi connectivity index (χ2v) is 13.8. The highest BCUT2D eigenvalue weighted by Crippen LogP contribution is 2.26. The molecular weight excluding hydrogens is 596 g/mol. The first-order chi connectivity index (χ1) is 22.2. The second-order valence-electron chi connectivity index (χ2n) is 13.8. The van der Waals surface area contributed by atoms with Gasteiger partial charge in [-0.15, -0.1) is 0 Å². The van der Waals surface area contributed by atoms with Gasteiger partial charge in [-0.3, -0.25) is 14.4 Å². The first-order valence-corrected chi connectivity index (χ1v) is 16.3. The summed E-state index contributed by atoms with van der Waals surface area (Å²) in [6.45, 7) is 11.9. The average Bonchev–Trinajstić information content (AvgIpc) is 3.46. The number of anilines is 1. The average molecular weight is 645 g/mol. The molecule has 252 valence electrons. The molecule has 47 heavy (non-hydrogen) atoms. The van der Waals surface area contributed by atoms with E-state index in [0.717, 1.165) is 24.0 Å². The molecular formula is C36H48N6O5. The van der Waals surface area contributed by atoms with Crippen LogP contribution in [-0.4, -0.2) is 68.5 Å². The van der Waals surface area contributed by atoms with Crippen molar-refractivity contribution in [2.45, 2.75) is 90.4 Å². The fourth-order valence-corrected chi connectivity index (χ4v) is 5.41. The van der Waals surface area contributed by atoms with Gasteiger partial charge in [0.15, 0.2) is 5.82 Å². The van der Waals surface area contributed by atoms with E-state index in [1.54, 1.807) is 51.7 Å². The van der Waals surface area contributed by atoms with Crippen LogP contribution >= 0.6 is 0 Å². The van der Waals surface area contributed by atoms with E-state index >= 15 is 0 Å². The molecule has 2 aromatic carbocycles. The Labute approximate surface area is 277 Å². The van der Waals surface area contributed by atoms with E-state index < -0.39 is 41.1 Å². The first-order valence-electron chi connectivity index (χ1n) is 16.3. The molecule has 1 aliphatic heterocycles. The van der Waals surface area contributed by atoms with Crippen LogP contribution in [0.15, 0.2) is 73.2 Å². The predicted octanol–water partition coefficient (Wildman–Crippen LogP) is 5.09. The molecule has 3 aromatic rings. The largest absolute Gasteiger partial charge is 0.444 e. The molecule has 0 spiro atoms. The summed E-state index contributed by atoms with van der Waals surface area (Å²) in [7, 11) is 0. The summed E-state index contributed by atoms with van der Waals surface area (Å²) in [6, 6.07) is 17.6.